The second-order valence-electron chi connectivity index (χ2n) is 4.97. The molecule has 122 valence electrons. The second kappa shape index (κ2) is 8.08. The number of aryl methyl sites for hydroxylation is 1. The van der Waals surface area contributed by atoms with Crippen LogP contribution in [0.5, 0.6) is 17.2 Å². The summed E-state index contributed by atoms with van der Waals surface area (Å²) >= 11 is 0. The van der Waals surface area contributed by atoms with Gasteiger partial charge in [-0.1, -0.05) is 12.1 Å². The van der Waals surface area contributed by atoms with Crippen LogP contribution in [0.1, 0.15) is 12.0 Å². The molecule has 0 aliphatic rings. The Morgan fingerprint density at radius 3 is 2.39 bits per heavy atom. The lowest BCUT2D eigenvalue weighted by molar-refractivity contribution is -0.116. The molecule has 0 fully saturated rings. The van der Waals surface area contributed by atoms with Gasteiger partial charge in [0.05, 0.1) is 27.0 Å². The molecule has 0 bridgehead atoms. The van der Waals surface area contributed by atoms with Crippen molar-refractivity contribution in [1.29, 1.82) is 0 Å². The molecule has 0 saturated carbocycles. The molecule has 2 aromatic carbocycles. The van der Waals surface area contributed by atoms with Gasteiger partial charge in [-0.3, -0.25) is 4.79 Å². The normalized spacial score (nSPS) is 10.0. The molecule has 1 N–H and O–H groups in total. The maximum absolute atomic E-state index is 12.1. The highest BCUT2D eigenvalue weighted by atomic mass is 16.5. The van der Waals surface area contributed by atoms with Crippen molar-refractivity contribution in [2.24, 2.45) is 0 Å². The van der Waals surface area contributed by atoms with Crippen LogP contribution < -0.4 is 19.5 Å². The number of hydrogen-bond donors (Lipinski definition) is 1. The monoisotopic (exact) mass is 315 g/mol. The van der Waals surface area contributed by atoms with E-state index >= 15 is 0 Å². The molecule has 0 radical (unpaired) electrons. The first-order valence-electron chi connectivity index (χ1n) is 7.31. The Labute approximate surface area is 136 Å². The van der Waals surface area contributed by atoms with Crippen molar-refractivity contribution in [1.82, 2.24) is 0 Å². The Kier molecular flexibility index (Phi) is 5.86. The van der Waals surface area contributed by atoms with Gasteiger partial charge in [0.25, 0.3) is 0 Å². The summed E-state index contributed by atoms with van der Waals surface area (Å²) in [4.78, 5) is 12.1. The van der Waals surface area contributed by atoms with Crippen LogP contribution in [0.2, 0.25) is 0 Å². The Hall–Kier alpha value is -2.69. The molecule has 2 aromatic rings. The van der Waals surface area contributed by atoms with Crippen molar-refractivity contribution >= 4 is 11.6 Å². The van der Waals surface area contributed by atoms with Gasteiger partial charge in [0.2, 0.25) is 5.91 Å². The number of rotatable bonds is 7. The molecule has 0 unspecified atom stereocenters. The van der Waals surface area contributed by atoms with Gasteiger partial charge in [-0.15, -0.1) is 0 Å². The molecule has 0 aliphatic carbocycles. The van der Waals surface area contributed by atoms with Gasteiger partial charge in [0.1, 0.15) is 17.2 Å². The Morgan fingerprint density at radius 1 is 0.957 bits per heavy atom. The SMILES string of the molecule is COc1cccc(CCC(=O)Nc2ccc(OC)cc2OC)c1. The number of carbonyl (C=O) groups excluding carboxylic acids is 1. The van der Waals surface area contributed by atoms with Crippen LogP contribution in [0.3, 0.4) is 0 Å². The molecular formula is C18H21NO4. The van der Waals surface area contributed by atoms with Crippen LogP contribution in [0.25, 0.3) is 0 Å². The molecule has 23 heavy (non-hydrogen) atoms. The molecular weight excluding hydrogens is 294 g/mol. The third-order valence-corrected chi connectivity index (χ3v) is 3.46. The third-order valence-electron chi connectivity index (χ3n) is 3.46. The largest absolute Gasteiger partial charge is 0.497 e. The summed E-state index contributed by atoms with van der Waals surface area (Å²) in [6.45, 7) is 0. The van der Waals surface area contributed by atoms with Gasteiger partial charge in [-0.05, 0) is 36.2 Å². The summed E-state index contributed by atoms with van der Waals surface area (Å²) in [5, 5.41) is 2.86. The minimum atomic E-state index is -0.0729. The van der Waals surface area contributed by atoms with Crippen molar-refractivity contribution in [3.8, 4) is 17.2 Å². The third kappa shape index (κ3) is 4.64. The van der Waals surface area contributed by atoms with E-state index in [0.717, 1.165) is 11.3 Å². The van der Waals surface area contributed by atoms with E-state index in [1.165, 1.54) is 0 Å². The average Bonchev–Trinajstić information content (AvgIpc) is 2.60. The molecule has 5 heteroatoms. The highest BCUT2D eigenvalue weighted by Gasteiger charge is 2.09. The molecule has 0 aliphatic heterocycles. The topological polar surface area (TPSA) is 56.8 Å². The van der Waals surface area contributed by atoms with Crippen molar-refractivity contribution in [3.05, 3.63) is 48.0 Å². The maximum atomic E-state index is 12.1. The van der Waals surface area contributed by atoms with Crippen LogP contribution in [0.4, 0.5) is 5.69 Å². The van der Waals surface area contributed by atoms with Gasteiger partial charge >= 0.3 is 0 Å². The number of ether oxygens (including phenoxy) is 3. The number of carbonyl (C=O) groups is 1. The number of anilines is 1. The van der Waals surface area contributed by atoms with E-state index in [4.69, 9.17) is 14.2 Å². The summed E-state index contributed by atoms with van der Waals surface area (Å²) in [7, 11) is 4.77. The zero-order chi connectivity index (χ0) is 16.7. The van der Waals surface area contributed by atoms with E-state index in [1.807, 2.05) is 24.3 Å². The van der Waals surface area contributed by atoms with Gasteiger partial charge < -0.3 is 19.5 Å². The standard InChI is InChI=1S/C18H21NO4/c1-21-14-6-4-5-13(11-14)7-10-18(20)19-16-9-8-15(22-2)12-17(16)23-3/h4-6,8-9,11-12H,7,10H2,1-3H3,(H,19,20). The number of amides is 1. The maximum Gasteiger partial charge on any atom is 0.224 e. The molecule has 0 atom stereocenters. The van der Waals surface area contributed by atoms with Crippen LogP contribution >= 0.6 is 0 Å². The molecule has 0 spiro atoms. The van der Waals surface area contributed by atoms with Crippen molar-refractivity contribution in [3.63, 3.8) is 0 Å². The lowest BCUT2D eigenvalue weighted by atomic mass is 10.1. The highest BCUT2D eigenvalue weighted by molar-refractivity contribution is 5.92. The molecule has 0 aromatic heterocycles. The Balaban J connectivity index is 1.96. The minimum Gasteiger partial charge on any atom is -0.497 e. The van der Waals surface area contributed by atoms with Gasteiger partial charge in [-0.25, -0.2) is 0 Å². The Morgan fingerprint density at radius 2 is 1.70 bits per heavy atom. The van der Waals surface area contributed by atoms with Gasteiger partial charge in [0, 0.05) is 12.5 Å². The van der Waals surface area contributed by atoms with Gasteiger partial charge in [-0.2, -0.15) is 0 Å². The van der Waals surface area contributed by atoms with E-state index < -0.39 is 0 Å². The van der Waals surface area contributed by atoms with E-state index in [0.29, 0.717) is 30.0 Å². The lowest BCUT2D eigenvalue weighted by Gasteiger charge is -2.11. The number of nitrogens with one attached hydrogen (secondary N) is 1. The van der Waals surface area contributed by atoms with E-state index in [2.05, 4.69) is 5.32 Å². The first-order chi connectivity index (χ1) is 11.2. The Bertz CT molecular complexity index is 670. The summed E-state index contributed by atoms with van der Waals surface area (Å²) in [6, 6.07) is 13.0. The zero-order valence-corrected chi connectivity index (χ0v) is 13.6. The quantitative estimate of drug-likeness (QED) is 0.852. The van der Waals surface area contributed by atoms with Crippen LogP contribution in [-0.4, -0.2) is 27.2 Å². The first kappa shape index (κ1) is 16.7. The summed E-state index contributed by atoms with van der Waals surface area (Å²) in [6.07, 6.45) is 1.02. The fourth-order valence-electron chi connectivity index (χ4n) is 2.20. The molecule has 2 rings (SSSR count). The highest BCUT2D eigenvalue weighted by Crippen LogP contribution is 2.29. The minimum absolute atomic E-state index is 0.0729. The zero-order valence-electron chi connectivity index (χ0n) is 13.6. The first-order valence-corrected chi connectivity index (χ1v) is 7.31. The molecule has 1 amide bonds. The number of methoxy groups -OCH3 is 3. The van der Waals surface area contributed by atoms with Crippen molar-refractivity contribution in [2.75, 3.05) is 26.6 Å². The predicted molar refractivity (Wildman–Crippen MR) is 89.5 cm³/mol. The van der Waals surface area contributed by atoms with E-state index in [-0.39, 0.29) is 5.91 Å². The van der Waals surface area contributed by atoms with E-state index in [9.17, 15) is 4.79 Å². The van der Waals surface area contributed by atoms with E-state index in [1.54, 1.807) is 39.5 Å². The lowest BCUT2D eigenvalue weighted by Crippen LogP contribution is -2.13. The summed E-state index contributed by atoms with van der Waals surface area (Å²) < 4.78 is 15.6. The fraction of sp³-hybridized carbons (Fsp3) is 0.278. The number of hydrogen-bond acceptors (Lipinski definition) is 4. The average molecular weight is 315 g/mol. The van der Waals surface area contributed by atoms with Crippen LogP contribution in [0, 0.1) is 0 Å². The summed E-state index contributed by atoms with van der Waals surface area (Å²) in [5.41, 5.74) is 1.69. The van der Waals surface area contributed by atoms with Crippen molar-refractivity contribution in [2.45, 2.75) is 12.8 Å². The number of benzene rings is 2. The van der Waals surface area contributed by atoms with Crippen LogP contribution in [-0.2, 0) is 11.2 Å². The van der Waals surface area contributed by atoms with Gasteiger partial charge in [0.15, 0.2) is 0 Å². The van der Waals surface area contributed by atoms with Crippen molar-refractivity contribution < 1.29 is 19.0 Å². The predicted octanol–water partition coefficient (Wildman–Crippen LogP) is 3.28. The van der Waals surface area contributed by atoms with Crippen LogP contribution in [0.15, 0.2) is 42.5 Å². The molecule has 5 nitrogen and oxygen atoms in total. The summed E-state index contributed by atoms with van der Waals surface area (Å²) in [5.74, 6) is 1.96. The second-order valence-corrected chi connectivity index (χ2v) is 4.97. The molecule has 0 saturated heterocycles. The smallest absolute Gasteiger partial charge is 0.224 e. The fourth-order valence-corrected chi connectivity index (χ4v) is 2.20. The molecule has 0 heterocycles.